The Morgan fingerprint density at radius 1 is 1.07 bits per heavy atom. The number of benzene rings is 2. The molecule has 0 aromatic heterocycles. The van der Waals surface area contributed by atoms with E-state index in [1.54, 1.807) is 7.11 Å². The van der Waals surface area contributed by atoms with Crippen molar-refractivity contribution in [2.75, 3.05) is 26.8 Å². The number of rotatable bonds is 8. The van der Waals surface area contributed by atoms with Crippen LogP contribution in [0, 0.1) is 0 Å². The first kappa shape index (κ1) is 19.6. The Morgan fingerprint density at radius 2 is 1.67 bits per heavy atom. The van der Waals surface area contributed by atoms with E-state index in [-0.39, 0.29) is 5.97 Å². The molecule has 27 heavy (non-hydrogen) atoms. The van der Waals surface area contributed by atoms with Gasteiger partial charge in [-0.05, 0) is 43.5 Å². The molecule has 0 saturated carbocycles. The number of methoxy groups -OCH3 is 1. The third-order valence-corrected chi connectivity index (χ3v) is 5.37. The van der Waals surface area contributed by atoms with Gasteiger partial charge in [0.25, 0.3) is 0 Å². The summed E-state index contributed by atoms with van der Waals surface area (Å²) in [7, 11) is 1.57. The van der Waals surface area contributed by atoms with E-state index in [0.717, 1.165) is 43.5 Å². The van der Waals surface area contributed by atoms with Crippen LogP contribution in [0.2, 0.25) is 0 Å². The Bertz CT molecular complexity index is 677. The van der Waals surface area contributed by atoms with E-state index in [1.807, 2.05) is 60.7 Å². The highest BCUT2D eigenvalue weighted by atomic mass is 16.6. The molecule has 1 unspecified atom stereocenters. The van der Waals surface area contributed by atoms with Crippen LogP contribution in [0.1, 0.15) is 37.3 Å². The Balaban J connectivity index is 1.86. The summed E-state index contributed by atoms with van der Waals surface area (Å²) in [6.45, 7) is 4.73. The van der Waals surface area contributed by atoms with Crippen LogP contribution in [0.25, 0.3) is 0 Å². The maximum Gasteiger partial charge on any atom is 0.347 e. The van der Waals surface area contributed by atoms with Crippen LogP contribution in [-0.2, 0) is 19.9 Å². The van der Waals surface area contributed by atoms with Gasteiger partial charge in [0.15, 0.2) is 0 Å². The largest absolute Gasteiger partial charge is 0.461 e. The lowest BCUT2D eigenvalue weighted by Crippen LogP contribution is -2.43. The van der Waals surface area contributed by atoms with Crippen LogP contribution in [0.5, 0.6) is 0 Å². The number of likely N-dealkylation sites (tertiary alicyclic amines) is 1. The summed E-state index contributed by atoms with van der Waals surface area (Å²) in [5.74, 6) is -0.356. The zero-order chi connectivity index (χ0) is 19.1. The fourth-order valence-corrected chi connectivity index (χ4v) is 4.01. The predicted octanol–water partition coefficient (Wildman–Crippen LogP) is 3.99. The molecule has 0 amide bonds. The van der Waals surface area contributed by atoms with E-state index in [0.29, 0.717) is 12.6 Å². The Labute approximate surface area is 162 Å². The molecule has 0 spiro atoms. The van der Waals surface area contributed by atoms with Gasteiger partial charge >= 0.3 is 5.97 Å². The molecule has 2 aromatic carbocycles. The monoisotopic (exact) mass is 367 g/mol. The molecule has 1 atom stereocenters. The van der Waals surface area contributed by atoms with Gasteiger partial charge in [0.05, 0.1) is 0 Å². The first-order valence-electron chi connectivity index (χ1n) is 9.79. The van der Waals surface area contributed by atoms with Gasteiger partial charge in [0, 0.05) is 13.2 Å². The van der Waals surface area contributed by atoms with E-state index < -0.39 is 5.60 Å². The number of ether oxygens (including phenoxy) is 2. The van der Waals surface area contributed by atoms with E-state index in [4.69, 9.17) is 9.47 Å². The van der Waals surface area contributed by atoms with Gasteiger partial charge in [-0.1, -0.05) is 67.6 Å². The zero-order valence-corrected chi connectivity index (χ0v) is 16.3. The molecule has 144 valence electrons. The summed E-state index contributed by atoms with van der Waals surface area (Å²) in [6.07, 6.45) is 3.35. The van der Waals surface area contributed by atoms with Crippen LogP contribution < -0.4 is 0 Å². The van der Waals surface area contributed by atoms with Crippen LogP contribution in [-0.4, -0.2) is 43.7 Å². The van der Waals surface area contributed by atoms with Crippen LogP contribution in [0.4, 0.5) is 0 Å². The third-order valence-electron chi connectivity index (χ3n) is 5.37. The van der Waals surface area contributed by atoms with Crippen molar-refractivity contribution in [3.8, 4) is 0 Å². The van der Waals surface area contributed by atoms with Crippen molar-refractivity contribution >= 4 is 5.97 Å². The second-order valence-corrected chi connectivity index (χ2v) is 7.05. The molecule has 0 radical (unpaired) electrons. The number of carbonyl (C=O) groups excluding carboxylic acids is 1. The fourth-order valence-electron chi connectivity index (χ4n) is 4.01. The topological polar surface area (TPSA) is 38.8 Å². The molecule has 4 heteroatoms. The fraction of sp³-hybridized carbons (Fsp3) is 0.435. The van der Waals surface area contributed by atoms with Gasteiger partial charge in [-0.15, -0.1) is 0 Å². The second kappa shape index (κ2) is 9.16. The minimum absolute atomic E-state index is 0.301. The highest BCUT2D eigenvalue weighted by molar-refractivity contribution is 5.85. The first-order valence-corrected chi connectivity index (χ1v) is 9.79. The van der Waals surface area contributed by atoms with E-state index in [2.05, 4.69) is 11.8 Å². The Hall–Kier alpha value is -2.17. The molecular weight excluding hydrogens is 338 g/mol. The van der Waals surface area contributed by atoms with Gasteiger partial charge in [-0.25, -0.2) is 4.79 Å². The number of hydrogen-bond acceptors (Lipinski definition) is 4. The van der Waals surface area contributed by atoms with E-state index in [9.17, 15) is 4.79 Å². The van der Waals surface area contributed by atoms with Gasteiger partial charge in [-0.2, -0.15) is 0 Å². The van der Waals surface area contributed by atoms with Gasteiger partial charge in [0.1, 0.15) is 6.61 Å². The molecule has 1 fully saturated rings. The first-order chi connectivity index (χ1) is 13.2. The Kier molecular flexibility index (Phi) is 6.64. The molecule has 1 aliphatic heterocycles. The van der Waals surface area contributed by atoms with Crippen LogP contribution in [0.3, 0.4) is 0 Å². The maximum atomic E-state index is 13.4. The molecule has 3 rings (SSSR count). The quantitative estimate of drug-likeness (QED) is 0.661. The van der Waals surface area contributed by atoms with E-state index >= 15 is 0 Å². The molecule has 0 N–H and O–H groups in total. The molecule has 4 nitrogen and oxygen atoms in total. The van der Waals surface area contributed by atoms with Crippen molar-refractivity contribution in [2.24, 2.45) is 0 Å². The average molecular weight is 367 g/mol. The second-order valence-electron chi connectivity index (χ2n) is 7.05. The summed E-state index contributed by atoms with van der Waals surface area (Å²) < 4.78 is 11.7. The number of nitrogens with zero attached hydrogens (tertiary/aromatic N) is 1. The molecule has 1 heterocycles. The van der Waals surface area contributed by atoms with Gasteiger partial charge in [-0.3, -0.25) is 4.90 Å². The zero-order valence-electron chi connectivity index (χ0n) is 16.3. The molecule has 1 saturated heterocycles. The van der Waals surface area contributed by atoms with Crippen LogP contribution >= 0.6 is 0 Å². The number of carbonyl (C=O) groups is 1. The lowest BCUT2D eigenvalue weighted by atomic mass is 9.86. The average Bonchev–Trinajstić information content (AvgIpc) is 3.16. The lowest BCUT2D eigenvalue weighted by Gasteiger charge is -2.32. The lowest BCUT2D eigenvalue weighted by molar-refractivity contribution is -0.167. The SMILES string of the molecule is CCCN1CCCC1COC(=O)C(OC)(c1ccccc1)c1ccccc1. The van der Waals surface area contributed by atoms with Gasteiger partial charge in [0.2, 0.25) is 5.60 Å². The van der Waals surface area contributed by atoms with E-state index in [1.165, 1.54) is 0 Å². The van der Waals surface area contributed by atoms with Crippen molar-refractivity contribution in [1.29, 1.82) is 0 Å². The van der Waals surface area contributed by atoms with Crippen molar-refractivity contribution in [3.05, 3.63) is 71.8 Å². The highest BCUT2D eigenvalue weighted by Gasteiger charge is 2.44. The summed E-state index contributed by atoms with van der Waals surface area (Å²) in [6, 6.07) is 19.5. The minimum Gasteiger partial charge on any atom is -0.461 e. The van der Waals surface area contributed by atoms with Crippen molar-refractivity contribution < 1.29 is 14.3 Å². The smallest absolute Gasteiger partial charge is 0.347 e. The molecular formula is C23H29NO3. The van der Waals surface area contributed by atoms with Gasteiger partial charge < -0.3 is 9.47 Å². The molecule has 2 aromatic rings. The molecule has 1 aliphatic rings. The summed E-state index contributed by atoms with van der Waals surface area (Å²) >= 11 is 0. The number of esters is 1. The Morgan fingerprint density at radius 3 is 2.19 bits per heavy atom. The predicted molar refractivity (Wildman–Crippen MR) is 107 cm³/mol. The standard InChI is InChI=1S/C23H29NO3/c1-3-16-24-17-10-15-21(24)18-27-22(25)23(26-2,19-11-6-4-7-12-19)20-13-8-5-9-14-20/h4-9,11-14,21H,3,10,15-18H2,1-2H3. The molecule has 0 aliphatic carbocycles. The van der Waals surface area contributed by atoms with Crippen molar-refractivity contribution in [3.63, 3.8) is 0 Å². The summed E-state index contributed by atoms with van der Waals surface area (Å²) in [5.41, 5.74) is 0.303. The number of hydrogen-bond donors (Lipinski definition) is 0. The van der Waals surface area contributed by atoms with Crippen molar-refractivity contribution in [1.82, 2.24) is 4.90 Å². The third kappa shape index (κ3) is 4.07. The minimum atomic E-state index is -1.25. The highest BCUT2D eigenvalue weighted by Crippen LogP contribution is 2.35. The van der Waals surface area contributed by atoms with Crippen molar-refractivity contribution in [2.45, 2.75) is 37.8 Å². The summed E-state index contributed by atoms with van der Waals surface area (Å²) in [4.78, 5) is 15.8. The molecule has 0 bridgehead atoms. The maximum absolute atomic E-state index is 13.4. The normalized spacial score (nSPS) is 17.8. The van der Waals surface area contributed by atoms with Crippen LogP contribution in [0.15, 0.2) is 60.7 Å². The summed E-state index contributed by atoms with van der Waals surface area (Å²) in [5, 5.41) is 0.